The quantitative estimate of drug-likeness (QED) is 0.804. The van der Waals surface area contributed by atoms with Gasteiger partial charge in [-0.2, -0.15) is 0 Å². The van der Waals surface area contributed by atoms with E-state index in [9.17, 15) is 18.0 Å². The number of hydrogen-bond acceptors (Lipinski definition) is 1. The van der Waals surface area contributed by atoms with Crippen LogP contribution < -0.4 is 5.56 Å². The standard InChI is InChI=1S/C6H3BrF3NO/c7-4-2(8)1-3(12)11-5(4)6(9)10/h1,6H,(H,11,12). The third-order valence-corrected chi connectivity index (χ3v) is 1.99. The highest BCUT2D eigenvalue weighted by molar-refractivity contribution is 9.10. The lowest BCUT2D eigenvalue weighted by atomic mass is 10.3. The lowest BCUT2D eigenvalue weighted by Gasteiger charge is -2.02. The molecule has 0 saturated carbocycles. The molecule has 0 atom stereocenters. The van der Waals surface area contributed by atoms with Crippen LogP contribution >= 0.6 is 15.9 Å². The molecule has 0 amide bonds. The van der Waals surface area contributed by atoms with Gasteiger partial charge in [0.15, 0.2) is 0 Å². The van der Waals surface area contributed by atoms with E-state index in [4.69, 9.17) is 0 Å². The minimum Gasteiger partial charge on any atom is -0.320 e. The Bertz CT molecular complexity index is 349. The lowest BCUT2D eigenvalue weighted by Crippen LogP contribution is -2.10. The lowest BCUT2D eigenvalue weighted by molar-refractivity contribution is 0.144. The zero-order valence-electron chi connectivity index (χ0n) is 5.57. The summed E-state index contributed by atoms with van der Waals surface area (Å²) in [5.74, 6) is -0.992. The van der Waals surface area contributed by atoms with Gasteiger partial charge in [-0.1, -0.05) is 0 Å². The molecule has 66 valence electrons. The molecule has 0 fully saturated rings. The molecule has 1 aromatic rings. The number of nitrogens with one attached hydrogen (secondary N) is 1. The highest BCUT2D eigenvalue weighted by Gasteiger charge is 2.15. The van der Waals surface area contributed by atoms with E-state index in [0.717, 1.165) is 0 Å². The molecule has 12 heavy (non-hydrogen) atoms. The van der Waals surface area contributed by atoms with Crippen molar-refractivity contribution in [3.05, 3.63) is 32.4 Å². The Morgan fingerprint density at radius 3 is 2.58 bits per heavy atom. The fourth-order valence-corrected chi connectivity index (χ4v) is 1.07. The van der Waals surface area contributed by atoms with E-state index >= 15 is 0 Å². The summed E-state index contributed by atoms with van der Waals surface area (Å²) in [5.41, 5.74) is -1.62. The molecule has 0 saturated heterocycles. The first kappa shape index (κ1) is 9.31. The Labute approximate surface area is 73.5 Å². The molecule has 1 rings (SSSR count). The molecular weight excluding hydrogens is 239 g/mol. The van der Waals surface area contributed by atoms with Crippen molar-refractivity contribution in [3.8, 4) is 0 Å². The van der Waals surface area contributed by atoms with Gasteiger partial charge in [0.25, 0.3) is 12.0 Å². The van der Waals surface area contributed by atoms with Gasteiger partial charge in [0.2, 0.25) is 0 Å². The van der Waals surface area contributed by atoms with Crippen molar-refractivity contribution < 1.29 is 13.2 Å². The van der Waals surface area contributed by atoms with Gasteiger partial charge < -0.3 is 4.98 Å². The van der Waals surface area contributed by atoms with E-state index in [2.05, 4.69) is 15.9 Å². The molecule has 6 heteroatoms. The molecule has 0 radical (unpaired) electrons. The topological polar surface area (TPSA) is 32.9 Å². The van der Waals surface area contributed by atoms with Crippen molar-refractivity contribution in [2.45, 2.75) is 6.43 Å². The minimum atomic E-state index is -2.90. The zero-order chi connectivity index (χ0) is 9.30. The van der Waals surface area contributed by atoms with Crippen LogP contribution in [0, 0.1) is 5.82 Å². The van der Waals surface area contributed by atoms with Crippen LogP contribution in [-0.4, -0.2) is 4.98 Å². The number of aromatic nitrogens is 1. The summed E-state index contributed by atoms with van der Waals surface area (Å²) in [7, 11) is 0. The summed E-state index contributed by atoms with van der Waals surface area (Å²) in [6.07, 6.45) is -2.90. The summed E-state index contributed by atoms with van der Waals surface area (Å²) in [5, 5.41) is 0. The summed E-state index contributed by atoms with van der Waals surface area (Å²) in [4.78, 5) is 12.3. The van der Waals surface area contributed by atoms with Crippen molar-refractivity contribution >= 4 is 15.9 Å². The number of alkyl halides is 2. The van der Waals surface area contributed by atoms with Gasteiger partial charge in [0, 0.05) is 6.07 Å². The average Bonchev–Trinajstić information content (AvgIpc) is 1.96. The van der Waals surface area contributed by atoms with E-state index in [1.807, 2.05) is 4.98 Å². The summed E-state index contributed by atoms with van der Waals surface area (Å²) >= 11 is 2.59. The number of pyridine rings is 1. The van der Waals surface area contributed by atoms with Crippen LogP contribution in [0.25, 0.3) is 0 Å². The monoisotopic (exact) mass is 241 g/mol. The summed E-state index contributed by atoms with van der Waals surface area (Å²) < 4.78 is 36.2. The number of hydrogen-bond donors (Lipinski definition) is 1. The second-order valence-corrected chi connectivity index (χ2v) is 2.80. The van der Waals surface area contributed by atoms with E-state index < -0.39 is 28.0 Å². The van der Waals surface area contributed by atoms with Gasteiger partial charge in [-0.05, 0) is 15.9 Å². The number of H-pyrrole nitrogens is 1. The molecule has 0 aliphatic heterocycles. The number of aromatic amines is 1. The first-order chi connectivity index (χ1) is 5.52. The average molecular weight is 242 g/mol. The maximum absolute atomic E-state index is 12.6. The zero-order valence-corrected chi connectivity index (χ0v) is 7.16. The summed E-state index contributed by atoms with van der Waals surface area (Å²) in [6, 6.07) is 0.593. The van der Waals surface area contributed by atoms with Crippen LogP contribution in [0.15, 0.2) is 15.3 Å². The maximum atomic E-state index is 12.6. The van der Waals surface area contributed by atoms with E-state index in [-0.39, 0.29) is 0 Å². The van der Waals surface area contributed by atoms with Gasteiger partial charge in [0.05, 0.1) is 4.47 Å². The third-order valence-electron chi connectivity index (χ3n) is 1.18. The van der Waals surface area contributed by atoms with Gasteiger partial charge in [-0.15, -0.1) is 0 Å². The van der Waals surface area contributed by atoms with Crippen molar-refractivity contribution in [1.29, 1.82) is 0 Å². The Kier molecular flexibility index (Phi) is 2.56. The van der Waals surface area contributed by atoms with E-state index in [0.29, 0.717) is 6.07 Å². The van der Waals surface area contributed by atoms with Crippen LogP contribution in [0.4, 0.5) is 13.2 Å². The van der Waals surface area contributed by atoms with Crippen molar-refractivity contribution in [2.75, 3.05) is 0 Å². The fourth-order valence-electron chi connectivity index (χ4n) is 0.681. The molecule has 0 aliphatic carbocycles. The van der Waals surface area contributed by atoms with Crippen LogP contribution in [0.3, 0.4) is 0 Å². The maximum Gasteiger partial charge on any atom is 0.279 e. The van der Waals surface area contributed by atoms with Gasteiger partial charge >= 0.3 is 0 Å². The highest BCUT2D eigenvalue weighted by Crippen LogP contribution is 2.25. The Morgan fingerprint density at radius 2 is 2.08 bits per heavy atom. The predicted octanol–water partition coefficient (Wildman–Crippen LogP) is 2.21. The molecule has 1 aromatic heterocycles. The fraction of sp³-hybridized carbons (Fsp3) is 0.167. The third kappa shape index (κ3) is 1.69. The Balaban J connectivity index is 3.38. The molecule has 1 heterocycles. The van der Waals surface area contributed by atoms with Crippen molar-refractivity contribution in [1.82, 2.24) is 4.98 Å². The first-order valence-electron chi connectivity index (χ1n) is 2.88. The molecule has 2 nitrogen and oxygen atoms in total. The Morgan fingerprint density at radius 1 is 1.50 bits per heavy atom. The largest absolute Gasteiger partial charge is 0.320 e. The van der Waals surface area contributed by atoms with Gasteiger partial charge in [0.1, 0.15) is 11.5 Å². The van der Waals surface area contributed by atoms with Crippen LogP contribution in [-0.2, 0) is 0 Å². The molecule has 0 bridgehead atoms. The number of halogens is 4. The van der Waals surface area contributed by atoms with Crippen LogP contribution in [0.2, 0.25) is 0 Å². The molecule has 0 aromatic carbocycles. The molecule has 0 unspecified atom stereocenters. The molecule has 0 spiro atoms. The van der Waals surface area contributed by atoms with Crippen molar-refractivity contribution in [2.24, 2.45) is 0 Å². The predicted molar refractivity (Wildman–Crippen MR) is 39.7 cm³/mol. The minimum absolute atomic E-state index is 0.405. The first-order valence-corrected chi connectivity index (χ1v) is 3.68. The van der Waals surface area contributed by atoms with Gasteiger partial charge in [-0.3, -0.25) is 4.79 Å². The van der Waals surface area contributed by atoms with Crippen LogP contribution in [0.1, 0.15) is 12.1 Å². The highest BCUT2D eigenvalue weighted by atomic mass is 79.9. The second-order valence-electron chi connectivity index (χ2n) is 2.01. The number of rotatable bonds is 1. The molecular formula is C6H3BrF3NO. The van der Waals surface area contributed by atoms with Gasteiger partial charge in [-0.25, -0.2) is 13.2 Å². The van der Waals surface area contributed by atoms with E-state index in [1.165, 1.54) is 0 Å². The smallest absolute Gasteiger partial charge is 0.279 e. The molecule has 1 N–H and O–H groups in total. The summed E-state index contributed by atoms with van der Waals surface area (Å²) in [6.45, 7) is 0. The second kappa shape index (κ2) is 3.30. The van der Waals surface area contributed by atoms with Crippen molar-refractivity contribution in [3.63, 3.8) is 0 Å². The molecule has 0 aliphatic rings. The van der Waals surface area contributed by atoms with E-state index in [1.54, 1.807) is 0 Å². The van der Waals surface area contributed by atoms with Crippen LogP contribution in [0.5, 0.6) is 0 Å². The SMILES string of the molecule is O=c1cc(F)c(Br)c(C(F)F)[nH]1. The normalized spacial score (nSPS) is 10.8. The Hall–Kier alpha value is -0.780.